The largest absolute Gasteiger partial charge is 0.383 e. The van der Waals surface area contributed by atoms with Crippen LogP contribution in [0.3, 0.4) is 0 Å². The molecule has 2 aromatic heterocycles. The van der Waals surface area contributed by atoms with Gasteiger partial charge in [0.2, 0.25) is 0 Å². The van der Waals surface area contributed by atoms with E-state index in [2.05, 4.69) is 15.4 Å². The Morgan fingerprint density at radius 3 is 2.72 bits per heavy atom. The van der Waals surface area contributed by atoms with Crippen molar-refractivity contribution in [2.45, 2.75) is 37.2 Å². The Kier molecular flexibility index (Phi) is 5.22. The standard InChI is InChI=1S/C22H23ClFN5O2S/c1-29-19(25)17(20(30)27-14-2-3-16(24)15(23)8-14)18(28-29)11-6-12-9-22(31,10-13(12)7-11)21-26-4-5-32-21/h2-5,8,11-13,31H,6-7,9-10,25H2,1H3,(H,27,30). The van der Waals surface area contributed by atoms with E-state index in [1.165, 1.54) is 34.2 Å². The number of nitrogens with two attached hydrogens (primary N) is 1. The molecule has 2 heterocycles. The van der Waals surface area contributed by atoms with Crippen LogP contribution >= 0.6 is 22.9 Å². The van der Waals surface area contributed by atoms with E-state index in [-0.39, 0.29) is 16.8 Å². The van der Waals surface area contributed by atoms with Gasteiger partial charge in [-0.15, -0.1) is 11.3 Å². The number of fused-ring (bicyclic) bond motifs is 1. The molecular formula is C22H23ClFN5O2S. The van der Waals surface area contributed by atoms with E-state index in [4.69, 9.17) is 17.3 Å². The predicted molar refractivity (Wildman–Crippen MR) is 121 cm³/mol. The van der Waals surface area contributed by atoms with Crippen LogP contribution in [0.5, 0.6) is 0 Å². The molecule has 10 heteroatoms. The van der Waals surface area contributed by atoms with Crippen molar-refractivity contribution in [1.29, 1.82) is 0 Å². The number of carbonyl (C=O) groups excluding carboxylic acids is 1. The molecule has 2 fully saturated rings. The average Bonchev–Trinajstić information content (AvgIpc) is 3.49. The molecule has 4 N–H and O–H groups in total. The fourth-order valence-corrected chi connectivity index (χ4v) is 6.30. The molecule has 2 atom stereocenters. The topological polar surface area (TPSA) is 106 Å². The minimum atomic E-state index is -0.861. The van der Waals surface area contributed by atoms with Crippen LogP contribution in [-0.4, -0.2) is 25.8 Å². The number of rotatable bonds is 4. The number of benzene rings is 1. The average molecular weight is 476 g/mol. The predicted octanol–water partition coefficient (Wildman–Crippen LogP) is 4.30. The minimum Gasteiger partial charge on any atom is -0.383 e. The Bertz CT molecular complexity index is 1170. The van der Waals surface area contributed by atoms with Gasteiger partial charge in [0.05, 0.1) is 10.7 Å². The first-order chi connectivity index (χ1) is 15.2. The number of nitrogen functional groups attached to an aromatic ring is 1. The number of aromatic nitrogens is 3. The molecule has 0 radical (unpaired) electrons. The van der Waals surface area contributed by atoms with Crippen molar-refractivity contribution in [2.24, 2.45) is 18.9 Å². The van der Waals surface area contributed by atoms with Gasteiger partial charge in [-0.25, -0.2) is 9.37 Å². The second kappa shape index (κ2) is 7.83. The van der Waals surface area contributed by atoms with Gasteiger partial charge < -0.3 is 16.2 Å². The molecule has 2 aliphatic carbocycles. The van der Waals surface area contributed by atoms with E-state index in [1.807, 2.05) is 5.38 Å². The number of aliphatic hydroxyl groups is 1. The first kappa shape index (κ1) is 21.4. The van der Waals surface area contributed by atoms with Gasteiger partial charge in [0, 0.05) is 30.2 Å². The molecule has 2 unspecified atom stereocenters. The number of amides is 1. The third-order valence-electron chi connectivity index (χ3n) is 6.78. The summed E-state index contributed by atoms with van der Waals surface area (Å²) in [6.07, 6.45) is 4.72. The molecule has 0 saturated heterocycles. The molecule has 0 spiro atoms. The Balaban J connectivity index is 1.36. The lowest BCUT2D eigenvalue weighted by molar-refractivity contribution is 0.0342. The van der Waals surface area contributed by atoms with Crippen molar-refractivity contribution < 1.29 is 14.3 Å². The summed E-state index contributed by atoms with van der Waals surface area (Å²) in [5, 5.41) is 21.0. The second-order valence-corrected chi connectivity index (χ2v) is 10.1. The van der Waals surface area contributed by atoms with Gasteiger partial charge in [0.15, 0.2) is 0 Å². The Hall–Kier alpha value is -2.49. The lowest BCUT2D eigenvalue weighted by Crippen LogP contribution is -2.23. The van der Waals surface area contributed by atoms with E-state index < -0.39 is 17.3 Å². The Labute approximate surface area is 193 Å². The van der Waals surface area contributed by atoms with Gasteiger partial charge >= 0.3 is 0 Å². The first-order valence-electron chi connectivity index (χ1n) is 10.5. The number of anilines is 2. The zero-order valence-electron chi connectivity index (χ0n) is 17.4. The van der Waals surface area contributed by atoms with Crippen LogP contribution in [0.25, 0.3) is 0 Å². The van der Waals surface area contributed by atoms with Crippen LogP contribution in [0.1, 0.15) is 52.7 Å². The number of nitrogens with one attached hydrogen (secondary N) is 1. The molecular weight excluding hydrogens is 453 g/mol. The summed E-state index contributed by atoms with van der Waals surface area (Å²) in [6.45, 7) is 0. The highest BCUT2D eigenvalue weighted by atomic mass is 35.5. The number of hydrogen-bond donors (Lipinski definition) is 3. The highest BCUT2D eigenvalue weighted by Crippen LogP contribution is 2.57. The van der Waals surface area contributed by atoms with E-state index in [0.29, 0.717) is 41.6 Å². The summed E-state index contributed by atoms with van der Waals surface area (Å²) < 4.78 is 15.0. The fraction of sp³-hybridized carbons (Fsp3) is 0.409. The fourth-order valence-electron chi connectivity index (χ4n) is 5.36. The van der Waals surface area contributed by atoms with Crippen molar-refractivity contribution in [2.75, 3.05) is 11.1 Å². The lowest BCUT2D eigenvalue weighted by atomic mass is 9.92. The number of aryl methyl sites for hydroxylation is 1. The molecule has 1 amide bonds. The van der Waals surface area contributed by atoms with Gasteiger partial charge in [0.1, 0.15) is 27.8 Å². The van der Waals surface area contributed by atoms with Crippen LogP contribution in [-0.2, 0) is 12.6 Å². The second-order valence-electron chi connectivity index (χ2n) is 8.82. The Morgan fingerprint density at radius 2 is 2.09 bits per heavy atom. The van der Waals surface area contributed by atoms with Gasteiger partial charge in [-0.05, 0) is 55.7 Å². The molecule has 2 saturated carbocycles. The molecule has 7 nitrogen and oxygen atoms in total. The quantitative estimate of drug-likeness (QED) is 0.521. The number of hydrogen-bond acceptors (Lipinski definition) is 6. The van der Waals surface area contributed by atoms with Crippen LogP contribution in [0.15, 0.2) is 29.8 Å². The molecule has 2 aliphatic rings. The van der Waals surface area contributed by atoms with Crippen molar-refractivity contribution in [3.63, 3.8) is 0 Å². The molecule has 0 bridgehead atoms. The third-order valence-corrected chi connectivity index (χ3v) is 8.04. The van der Waals surface area contributed by atoms with E-state index in [0.717, 1.165) is 17.8 Å². The summed E-state index contributed by atoms with van der Waals surface area (Å²) in [4.78, 5) is 17.4. The van der Waals surface area contributed by atoms with Crippen molar-refractivity contribution in [3.8, 4) is 0 Å². The third kappa shape index (κ3) is 3.58. The van der Waals surface area contributed by atoms with Crippen LogP contribution in [0.2, 0.25) is 5.02 Å². The summed E-state index contributed by atoms with van der Waals surface area (Å²) in [7, 11) is 1.71. The highest BCUT2D eigenvalue weighted by molar-refractivity contribution is 7.09. The first-order valence-corrected chi connectivity index (χ1v) is 11.7. The van der Waals surface area contributed by atoms with E-state index in [9.17, 15) is 14.3 Å². The normalized spacial score (nSPS) is 26.9. The van der Waals surface area contributed by atoms with E-state index >= 15 is 0 Å². The monoisotopic (exact) mass is 475 g/mol. The zero-order chi connectivity index (χ0) is 22.6. The van der Waals surface area contributed by atoms with Gasteiger partial charge in [-0.3, -0.25) is 9.48 Å². The van der Waals surface area contributed by atoms with Gasteiger partial charge in [-0.2, -0.15) is 5.10 Å². The summed E-state index contributed by atoms with van der Waals surface area (Å²) in [6, 6.07) is 4.01. The maximum absolute atomic E-state index is 13.5. The maximum atomic E-state index is 13.5. The molecule has 168 valence electrons. The molecule has 5 rings (SSSR count). The summed E-state index contributed by atoms with van der Waals surface area (Å²) >= 11 is 7.33. The summed E-state index contributed by atoms with van der Waals surface area (Å²) in [5.74, 6) is 0.0768. The minimum absolute atomic E-state index is 0.0708. The van der Waals surface area contributed by atoms with Gasteiger partial charge in [-0.1, -0.05) is 11.6 Å². The SMILES string of the molecule is Cn1nc(C2CC3CC(O)(c4nccs4)CC3C2)c(C(=O)Nc2ccc(F)c(Cl)c2)c1N. The highest BCUT2D eigenvalue weighted by Gasteiger charge is 2.51. The van der Waals surface area contributed by atoms with E-state index in [1.54, 1.807) is 13.2 Å². The smallest absolute Gasteiger partial charge is 0.261 e. The number of nitrogens with zero attached hydrogens (tertiary/aromatic N) is 3. The van der Waals surface area contributed by atoms with Gasteiger partial charge in [0.25, 0.3) is 5.91 Å². The molecule has 1 aromatic carbocycles. The van der Waals surface area contributed by atoms with Crippen LogP contribution in [0, 0.1) is 17.7 Å². The maximum Gasteiger partial charge on any atom is 0.261 e. The lowest BCUT2D eigenvalue weighted by Gasteiger charge is -2.22. The van der Waals surface area contributed by atoms with Crippen LogP contribution in [0.4, 0.5) is 15.9 Å². The molecule has 3 aromatic rings. The van der Waals surface area contributed by atoms with Crippen molar-refractivity contribution in [3.05, 3.63) is 56.9 Å². The number of halogens is 2. The molecule has 0 aliphatic heterocycles. The van der Waals surface area contributed by atoms with Crippen molar-refractivity contribution in [1.82, 2.24) is 14.8 Å². The zero-order valence-corrected chi connectivity index (χ0v) is 19.0. The van der Waals surface area contributed by atoms with Crippen molar-refractivity contribution >= 4 is 40.4 Å². The number of carbonyl (C=O) groups is 1. The summed E-state index contributed by atoms with van der Waals surface area (Å²) in [5.41, 5.74) is 6.74. The van der Waals surface area contributed by atoms with Crippen LogP contribution < -0.4 is 11.1 Å². The Morgan fingerprint density at radius 1 is 1.38 bits per heavy atom. The molecule has 32 heavy (non-hydrogen) atoms. The number of thiazole rings is 1.